The van der Waals surface area contributed by atoms with E-state index in [1.165, 1.54) is 12.2 Å². The first-order chi connectivity index (χ1) is 10.1. The van der Waals surface area contributed by atoms with Gasteiger partial charge in [0.05, 0.1) is 0 Å². The summed E-state index contributed by atoms with van der Waals surface area (Å²) in [4.78, 5) is 31.7. The predicted molar refractivity (Wildman–Crippen MR) is 75.7 cm³/mol. The summed E-state index contributed by atoms with van der Waals surface area (Å²) < 4.78 is 0. The van der Waals surface area contributed by atoms with Crippen molar-refractivity contribution in [3.8, 4) is 0 Å². The molecule has 0 aromatic rings. The zero-order valence-corrected chi connectivity index (χ0v) is 12.1. The fraction of sp³-hybridized carbons (Fsp3) is 0.688. The number of carbonyl (C=O) groups excluding carboxylic acids is 2. The highest BCUT2D eigenvalue weighted by molar-refractivity contribution is 5.97. The Morgan fingerprint density at radius 1 is 1.00 bits per heavy atom. The van der Waals surface area contributed by atoms with Crippen LogP contribution in [0.2, 0.25) is 0 Å². The van der Waals surface area contributed by atoms with Crippen LogP contribution in [0.25, 0.3) is 4.85 Å². The summed E-state index contributed by atoms with van der Waals surface area (Å²) in [6.07, 6.45) is 6.50. The summed E-state index contributed by atoms with van der Waals surface area (Å²) in [7, 11) is 0. The van der Waals surface area contributed by atoms with E-state index < -0.39 is 0 Å². The Labute approximate surface area is 124 Å². The third kappa shape index (κ3) is 1.97. The summed E-state index contributed by atoms with van der Waals surface area (Å²) in [5.41, 5.74) is 0. The molecule has 4 fully saturated rings. The van der Waals surface area contributed by atoms with E-state index in [-0.39, 0.29) is 30.1 Å². The Hall–Kier alpha value is -1.83. The molecule has 110 valence electrons. The molecule has 6 atom stereocenters. The standard InChI is InChI=1S/C16H19N3O2/c1-9-5-10-6-12(10)18(9)15(20)3-4-16(21)19-13-7-11(13)8-14(19)17-2/h3-4,9-14H,5-8H2,1H3/b4-3+/t9-,10-,11+,12+,13+,14+/m1/s1. The molecular formula is C16H19N3O2. The zero-order chi connectivity index (χ0) is 14.7. The van der Waals surface area contributed by atoms with Crippen molar-refractivity contribution in [3.05, 3.63) is 23.6 Å². The van der Waals surface area contributed by atoms with Crippen molar-refractivity contribution in [2.45, 2.75) is 56.9 Å². The maximum Gasteiger partial charge on any atom is 0.301 e. The van der Waals surface area contributed by atoms with Gasteiger partial charge in [0.2, 0.25) is 5.91 Å². The summed E-state index contributed by atoms with van der Waals surface area (Å²) in [5, 5.41) is 0. The van der Waals surface area contributed by atoms with Gasteiger partial charge in [-0.1, -0.05) is 0 Å². The summed E-state index contributed by atoms with van der Waals surface area (Å²) >= 11 is 0. The number of rotatable bonds is 2. The molecule has 0 spiro atoms. The average Bonchev–Trinajstić information content (AvgIpc) is 3.33. The van der Waals surface area contributed by atoms with E-state index in [0.29, 0.717) is 17.9 Å². The zero-order valence-electron chi connectivity index (χ0n) is 12.1. The van der Waals surface area contributed by atoms with Crippen molar-refractivity contribution in [1.82, 2.24) is 9.80 Å². The Balaban J connectivity index is 1.42. The lowest BCUT2D eigenvalue weighted by molar-refractivity contribution is -0.129. The number of hydrogen-bond acceptors (Lipinski definition) is 2. The second-order valence-electron chi connectivity index (χ2n) is 6.88. The molecule has 2 aliphatic heterocycles. The third-order valence-electron chi connectivity index (χ3n) is 5.46. The minimum Gasteiger partial charge on any atom is -0.333 e. The van der Waals surface area contributed by atoms with E-state index in [4.69, 9.17) is 6.57 Å². The Morgan fingerprint density at radius 2 is 1.57 bits per heavy atom. The van der Waals surface area contributed by atoms with Crippen molar-refractivity contribution in [1.29, 1.82) is 0 Å². The van der Waals surface area contributed by atoms with Gasteiger partial charge in [0.25, 0.3) is 5.91 Å². The first-order valence-electron chi connectivity index (χ1n) is 7.79. The predicted octanol–water partition coefficient (Wildman–Crippen LogP) is 1.42. The molecule has 4 aliphatic rings. The van der Waals surface area contributed by atoms with Crippen LogP contribution in [-0.2, 0) is 9.59 Å². The highest BCUT2D eigenvalue weighted by atomic mass is 16.2. The second-order valence-corrected chi connectivity index (χ2v) is 6.88. The van der Waals surface area contributed by atoms with Crippen LogP contribution in [-0.4, -0.2) is 45.9 Å². The van der Waals surface area contributed by atoms with Gasteiger partial charge in [-0.15, -0.1) is 0 Å². The summed E-state index contributed by atoms with van der Waals surface area (Å²) in [6.45, 7) is 9.25. The molecule has 2 saturated carbocycles. The topological polar surface area (TPSA) is 45.0 Å². The fourth-order valence-electron chi connectivity index (χ4n) is 4.26. The molecule has 4 rings (SSSR count). The Kier molecular flexibility index (Phi) is 2.66. The molecule has 5 heteroatoms. The van der Waals surface area contributed by atoms with Crippen molar-refractivity contribution in [2.75, 3.05) is 0 Å². The minimum atomic E-state index is -0.320. The van der Waals surface area contributed by atoms with Crippen molar-refractivity contribution in [3.63, 3.8) is 0 Å². The van der Waals surface area contributed by atoms with Crippen LogP contribution >= 0.6 is 0 Å². The van der Waals surface area contributed by atoms with Gasteiger partial charge in [-0.05, 0) is 38.0 Å². The van der Waals surface area contributed by atoms with Crippen molar-refractivity contribution >= 4 is 11.8 Å². The molecule has 0 radical (unpaired) electrons. The number of carbonyl (C=O) groups is 2. The maximum absolute atomic E-state index is 12.3. The van der Waals surface area contributed by atoms with Gasteiger partial charge in [0.1, 0.15) is 0 Å². The first kappa shape index (κ1) is 12.9. The van der Waals surface area contributed by atoms with E-state index in [2.05, 4.69) is 11.8 Å². The molecule has 2 saturated heterocycles. The van der Waals surface area contributed by atoms with Crippen molar-refractivity contribution in [2.24, 2.45) is 11.8 Å². The molecule has 21 heavy (non-hydrogen) atoms. The van der Waals surface area contributed by atoms with Crippen LogP contribution < -0.4 is 0 Å². The number of fused-ring (bicyclic) bond motifs is 2. The van der Waals surface area contributed by atoms with E-state index >= 15 is 0 Å². The molecule has 5 nitrogen and oxygen atoms in total. The van der Waals surface area contributed by atoms with Crippen LogP contribution in [0.4, 0.5) is 0 Å². The monoisotopic (exact) mass is 285 g/mol. The molecule has 0 aromatic carbocycles. The summed E-state index contributed by atoms with van der Waals surface area (Å²) in [5.74, 6) is 0.980. The van der Waals surface area contributed by atoms with Gasteiger partial charge >= 0.3 is 6.17 Å². The molecule has 2 heterocycles. The molecule has 0 unspecified atom stereocenters. The van der Waals surface area contributed by atoms with E-state index in [9.17, 15) is 9.59 Å². The van der Waals surface area contributed by atoms with Crippen LogP contribution in [0.15, 0.2) is 12.2 Å². The molecule has 2 amide bonds. The molecule has 0 N–H and O–H groups in total. The number of nitrogens with zero attached hydrogens (tertiary/aromatic N) is 3. The Bertz CT molecular complexity index is 577. The molecule has 0 bridgehead atoms. The average molecular weight is 285 g/mol. The van der Waals surface area contributed by atoms with Gasteiger partial charge in [-0.2, -0.15) is 0 Å². The van der Waals surface area contributed by atoms with Gasteiger partial charge < -0.3 is 4.90 Å². The van der Waals surface area contributed by atoms with E-state index in [1.807, 2.05) is 4.90 Å². The van der Waals surface area contributed by atoms with E-state index in [0.717, 1.165) is 25.7 Å². The number of amides is 2. The lowest BCUT2D eigenvalue weighted by atomic mass is 10.2. The lowest BCUT2D eigenvalue weighted by Crippen LogP contribution is -2.37. The second kappa shape index (κ2) is 4.33. The van der Waals surface area contributed by atoms with Crippen LogP contribution in [0.1, 0.15) is 32.6 Å². The van der Waals surface area contributed by atoms with Gasteiger partial charge in [-0.3, -0.25) is 19.3 Å². The van der Waals surface area contributed by atoms with Crippen LogP contribution in [0.3, 0.4) is 0 Å². The quantitative estimate of drug-likeness (QED) is 0.569. The lowest BCUT2D eigenvalue weighted by Gasteiger charge is -2.23. The van der Waals surface area contributed by atoms with E-state index in [1.54, 1.807) is 4.90 Å². The fourth-order valence-corrected chi connectivity index (χ4v) is 4.26. The number of likely N-dealkylation sites (tertiary alicyclic amines) is 2. The largest absolute Gasteiger partial charge is 0.333 e. The molecular weight excluding hydrogens is 266 g/mol. The SMILES string of the molecule is [C-]#[N+][C@@H]1C[C@@H]2C[C@@H]2N1C(=O)/C=C/C(=O)N1[C@H](C)C[C@@H]2C[C@@H]21. The van der Waals surface area contributed by atoms with Gasteiger partial charge in [0.15, 0.2) is 0 Å². The van der Waals surface area contributed by atoms with Gasteiger partial charge in [0, 0.05) is 36.7 Å². The summed E-state index contributed by atoms with van der Waals surface area (Å²) in [6, 6.07) is 0.939. The minimum absolute atomic E-state index is 0.0493. The first-order valence-corrected chi connectivity index (χ1v) is 7.79. The number of piperidine rings is 2. The van der Waals surface area contributed by atoms with Gasteiger partial charge in [-0.25, -0.2) is 6.57 Å². The highest BCUT2D eigenvalue weighted by Crippen LogP contribution is 2.49. The third-order valence-corrected chi connectivity index (χ3v) is 5.46. The highest BCUT2D eigenvalue weighted by Gasteiger charge is 2.57. The maximum atomic E-state index is 12.3. The molecule has 2 aliphatic carbocycles. The van der Waals surface area contributed by atoms with Crippen LogP contribution in [0.5, 0.6) is 0 Å². The van der Waals surface area contributed by atoms with Crippen molar-refractivity contribution < 1.29 is 9.59 Å². The Morgan fingerprint density at radius 3 is 2.14 bits per heavy atom. The van der Waals surface area contributed by atoms with Crippen LogP contribution in [0, 0.1) is 18.4 Å². The normalized spacial score (nSPS) is 42.7. The smallest absolute Gasteiger partial charge is 0.301 e. The number of hydrogen-bond donors (Lipinski definition) is 0. The molecule has 0 aromatic heterocycles.